The first-order valence-corrected chi connectivity index (χ1v) is 6.71. The number of carbonyl (C=O) groups excluding carboxylic acids is 1. The number of fused-ring (bicyclic) bond motifs is 1. The van der Waals surface area contributed by atoms with Gasteiger partial charge in [-0.1, -0.05) is 36.4 Å². The molecule has 0 atom stereocenters. The Morgan fingerprint density at radius 2 is 1.90 bits per heavy atom. The second kappa shape index (κ2) is 6.13. The van der Waals surface area contributed by atoms with Crippen LogP contribution in [-0.4, -0.2) is 12.6 Å². The Bertz CT molecular complexity index is 665. The highest BCUT2D eigenvalue weighted by molar-refractivity contribution is 6.04. The van der Waals surface area contributed by atoms with E-state index in [1.165, 1.54) is 6.08 Å². The third-order valence-corrected chi connectivity index (χ3v) is 3.15. The van der Waals surface area contributed by atoms with Gasteiger partial charge in [0.1, 0.15) is 0 Å². The Labute approximate surface area is 123 Å². The topological polar surface area (TPSA) is 47.6 Å². The molecule has 1 N–H and O–H groups in total. The maximum absolute atomic E-state index is 11.8. The second-order valence-electron chi connectivity index (χ2n) is 4.63. The Balaban J connectivity index is 1.54. The highest BCUT2D eigenvalue weighted by Gasteiger charge is 2.12. The number of allylic oxidation sites excluding steroid dienone is 1. The van der Waals surface area contributed by atoms with Crippen LogP contribution in [0.3, 0.4) is 0 Å². The van der Waals surface area contributed by atoms with Gasteiger partial charge in [-0.3, -0.25) is 4.79 Å². The number of ether oxygens (including phenoxy) is 2. The molecule has 4 heteroatoms. The summed E-state index contributed by atoms with van der Waals surface area (Å²) in [4.78, 5) is 11.8. The zero-order chi connectivity index (χ0) is 14.5. The molecule has 4 nitrogen and oxygen atoms in total. The zero-order valence-electron chi connectivity index (χ0n) is 11.4. The van der Waals surface area contributed by atoms with Gasteiger partial charge in [-0.15, -0.1) is 0 Å². The van der Waals surface area contributed by atoms with Gasteiger partial charge in [0.2, 0.25) is 6.79 Å². The molecule has 0 fully saturated rings. The predicted octanol–water partition coefficient (Wildman–Crippen LogP) is 2.90. The van der Waals surface area contributed by atoms with Crippen molar-refractivity contribution in [3.63, 3.8) is 0 Å². The molecule has 0 aromatic heterocycles. The summed E-state index contributed by atoms with van der Waals surface area (Å²) in [7, 11) is 0. The van der Waals surface area contributed by atoms with E-state index in [2.05, 4.69) is 5.32 Å². The summed E-state index contributed by atoms with van der Waals surface area (Å²) < 4.78 is 10.6. The number of benzene rings is 2. The van der Waals surface area contributed by atoms with E-state index in [4.69, 9.17) is 9.47 Å². The highest BCUT2D eigenvalue weighted by atomic mass is 16.7. The van der Waals surface area contributed by atoms with Crippen LogP contribution in [0.2, 0.25) is 0 Å². The van der Waals surface area contributed by atoms with Crippen molar-refractivity contribution in [1.29, 1.82) is 0 Å². The van der Waals surface area contributed by atoms with Crippen LogP contribution in [0.5, 0.6) is 11.5 Å². The molecule has 0 saturated heterocycles. The quantitative estimate of drug-likeness (QED) is 0.676. The van der Waals surface area contributed by atoms with Gasteiger partial charge in [0.15, 0.2) is 17.3 Å². The summed E-state index contributed by atoms with van der Waals surface area (Å²) in [5.74, 6) is 1.51. The van der Waals surface area contributed by atoms with Crippen LogP contribution in [-0.2, 0) is 6.54 Å². The van der Waals surface area contributed by atoms with Crippen LogP contribution in [0.1, 0.15) is 15.9 Å². The van der Waals surface area contributed by atoms with Crippen LogP contribution in [0.15, 0.2) is 60.8 Å². The lowest BCUT2D eigenvalue weighted by Crippen LogP contribution is -2.05. The number of carbonyl (C=O) groups is 1. The Morgan fingerprint density at radius 3 is 2.76 bits per heavy atom. The number of hydrogen-bond acceptors (Lipinski definition) is 4. The Morgan fingerprint density at radius 1 is 1.10 bits per heavy atom. The molecule has 1 heterocycles. The minimum atomic E-state index is -0.0196. The van der Waals surface area contributed by atoms with Crippen molar-refractivity contribution in [1.82, 2.24) is 5.32 Å². The molecular weight excluding hydrogens is 266 g/mol. The van der Waals surface area contributed by atoms with Crippen LogP contribution >= 0.6 is 0 Å². The van der Waals surface area contributed by atoms with Crippen molar-refractivity contribution in [3.05, 3.63) is 71.9 Å². The fraction of sp³-hybridized carbons (Fsp3) is 0.118. The maximum Gasteiger partial charge on any atom is 0.231 e. The van der Waals surface area contributed by atoms with E-state index < -0.39 is 0 Å². The van der Waals surface area contributed by atoms with Crippen molar-refractivity contribution in [2.45, 2.75) is 6.54 Å². The summed E-state index contributed by atoms with van der Waals surface area (Å²) in [6.07, 6.45) is 3.20. The molecule has 0 amide bonds. The fourth-order valence-electron chi connectivity index (χ4n) is 2.06. The van der Waals surface area contributed by atoms with E-state index in [1.807, 2.05) is 36.4 Å². The summed E-state index contributed by atoms with van der Waals surface area (Å²) in [5.41, 5.74) is 1.75. The van der Waals surface area contributed by atoms with Crippen LogP contribution < -0.4 is 14.8 Å². The molecule has 0 unspecified atom stereocenters. The lowest BCUT2D eigenvalue weighted by Gasteiger charge is -2.03. The zero-order valence-corrected chi connectivity index (χ0v) is 11.4. The van der Waals surface area contributed by atoms with Crippen LogP contribution in [0.25, 0.3) is 0 Å². The molecule has 0 radical (unpaired) electrons. The van der Waals surface area contributed by atoms with Crippen LogP contribution in [0, 0.1) is 0 Å². The molecule has 2 aromatic rings. The van der Waals surface area contributed by atoms with E-state index in [1.54, 1.807) is 18.3 Å². The second-order valence-corrected chi connectivity index (χ2v) is 4.63. The van der Waals surface area contributed by atoms with Gasteiger partial charge in [0.25, 0.3) is 0 Å². The van der Waals surface area contributed by atoms with Gasteiger partial charge in [-0.25, -0.2) is 0 Å². The van der Waals surface area contributed by atoms with Gasteiger partial charge in [-0.2, -0.15) is 0 Å². The van der Waals surface area contributed by atoms with Gasteiger partial charge >= 0.3 is 0 Å². The average molecular weight is 281 g/mol. The van der Waals surface area contributed by atoms with Crippen molar-refractivity contribution in [2.24, 2.45) is 0 Å². The predicted molar refractivity (Wildman–Crippen MR) is 79.3 cm³/mol. The normalized spacial score (nSPS) is 12.6. The first kappa shape index (κ1) is 13.2. The number of nitrogens with one attached hydrogen (secondary N) is 1. The van der Waals surface area contributed by atoms with Crippen molar-refractivity contribution in [2.75, 3.05) is 6.79 Å². The van der Waals surface area contributed by atoms with E-state index in [0.29, 0.717) is 12.1 Å². The van der Waals surface area contributed by atoms with Gasteiger partial charge in [-0.05, 0) is 17.7 Å². The van der Waals surface area contributed by atoms with Crippen LogP contribution in [0.4, 0.5) is 0 Å². The number of hydrogen-bond donors (Lipinski definition) is 1. The van der Waals surface area contributed by atoms with Gasteiger partial charge in [0, 0.05) is 24.4 Å². The third kappa shape index (κ3) is 3.23. The third-order valence-electron chi connectivity index (χ3n) is 3.15. The smallest absolute Gasteiger partial charge is 0.231 e. The van der Waals surface area contributed by atoms with E-state index in [9.17, 15) is 4.79 Å². The first-order valence-electron chi connectivity index (χ1n) is 6.71. The average Bonchev–Trinajstić information content (AvgIpc) is 3.00. The number of rotatable bonds is 5. The summed E-state index contributed by atoms with van der Waals surface area (Å²) in [5, 5.41) is 3.10. The molecule has 21 heavy (non-hydrogen) atoms. The van der Waals surface area contributed by atoms with E-state index in [0.717, 1.165) is 17.1 Å². The number of ketones is 1. The highest BCUT2D eigenvalue weighted by Crippen LogP contribution is 2.32. The Kier molecular flexibility index (Phi) is 3.87. The van der Waals surface area contributed by atoms with Crippen molar-refractivity contribution in [3.8, 4) is 11.5 Å². The molecule has 3 rings (SSSR count). The Hall–Kier alpha value is -2.75. The monoisotopic (exact) mass is 281 g/mol. The largest absolute Gasteiger partial charge is 0.454 e. The lowest BCUT2D eigenvalue weighted by atomic mass is 10.1. The van der Waals surface area contributed by atoms with Gasteiger partial charge in [0.05, 0.1) is 0 Å². The van der Waals surface area contributed by atoms with Gasteiger partial charge < -0.3 is 14.8 Å². The molecule has 2 aromatic carbocycles. The molecular formula is C17H15NO3. The molecule has 1 aliphatic heterocycles. The first-order chi connectivity index (χ1) is 10.3. The SMILES string of the molecule is O=C(/C=C/NCc1ccc2c(c1)OCO2)c1ccccc1. The van der Waals surface area contributed by atoms with Crippen molar-refractivity contribution >= 4 is 5.78 Å². The summed E-state index contributed by atoms with van der Waals surface area (Å²) in [6, 6.07) is 15.0. The molecule has 0 aliphatic carbocycles. The van der Waals surface area contributed by atoms with E-state index in [-0.39, 0.29) is 12.6 Å². The van der Waals surface area contributed by atoms with E-state index >= 15 is 0 Å². The molecule has 106 valence electrons. The fourth-order valence-corrected chi connectivity index (χ4v) is 2.06. The minimum Gasteiger partial charge on any atom is -0.454 e. The summed E-state index contributed by atoms with van der Waals surface area (Å²) in [6.45, 7) is 0.896. The standard InChI is InChI=1S/C17H15NO3/c19-15(14-4-2-1-3-5-14)8-9-18-11-13-6-7-16-17(10-13)21-12-20-16/h1-10,18H,11-12H2/b9-8+. The molecule has 0 spiro atoms. The molecule has 0 saturated carbocycles. The maximum atomic E-state index is 11.8. The lowest BCUT2D eigenvalue weighted by molar-refractivity contribution is 0.104. The minimum absolute atomic E-state index is 0.0196. The molecule has 1 aliphatic rings. The molecule has 0 bridgehead atoms. The summed E-state index contributed by atoms with van der Waals surface area (Å²) >= 11 is 0. The van der Waals surface area contributed by atoms with Crippen molar-refractivity contribution < 1.29 is 14.3 Å².